The van der Waals surface area contributed by atoms with Crippen molar-refractivity contribution >= 4 is 5.91 Å². The Balaban J connectivity index is 2.00. The Labute approximate surface area is 113 Å². The summed E-state index contributed by atoms with van der Waals surface area (Å²) >= 11 is 0. The number of halogens is 1. The molecule has 1 aromatic carbocycles. The number of nitrogens with one attached hydrogen (secondary N) is 2. The smallest absolute Gasteiger partial charge is 0.227 e. The second kappa shape index (κ2) is 6.66. The zero-order valence-electron chi connectivity index (χ0n) is 11.3. The van der Waals surface area contributed by atoms with Crippen LogP contribution in [0.15, 0.2) is 24.3 Å². The largest absolute Gasteiger partial charge is 0.353 e. The molecule has 1 heterocycles. The molecule has 19 heavy (non-hydrogen) atoms. The van der Waals surface area contributed by atoms with E-state index in [4.69, 9.17) is 0 Å². The topological polar surface area (TPSA) is 41.1 Å². The Kier molecular flexibility index (Phi) is 4.91. The quantitative estimate of drug-likeness (QED) is 0.875. The number of hydrogen-bond acceptors (Lipinski definition) is 2. The number of carbonyl (C=O) groups is 1. The second-order valence-electron chi connectivity index (χ2n) is 5.05. The van der Waals surface area contributed by atoms with Crippen molar-refractivity contribution in [1.29, 1.82) is 0 Å². The predicted octanol–water partition coefficient (Wildman–Crippen LogP) is 2.19. The fourth-order valence-electron chi connectivity index (χ4n) is 2.54. The van der Waals surface area contributed by atoms with Gasteiger partial charge in [0, 0.05) is 6.04 Å². The van der Waals surface area contributed by atoms with Crippen LogP contribution in [0.2, 0.25) is 0 Å². The fraction of sp³-hybridized carbons (Fsp3) is 0.533. The number of carbonyl (C=O) groups excluding carboxylic acids is 1. The van der Waals surface area contributed by atoms with E-state index in [9.17, 15) is 9.18 Å². The molecule has 0 bridgehead atoms. The highest BCUT2D eigenvalue weighted by Gasteiger charge is 2.22. The molecular weight excluding hydrogens is 243 g/mol. The minimum atomic E-state index is -0.266. The molecule has 1 saturated heterocycles. The van der Waals surface area contributed by atoms with Crippen molar-refractivity contribution in [3.05, 3.63) is 35.6 Å². The third-order valence-electron chi connectivity index (χ3n) is 3.68. The number of rotatable bonds is 4. The third kappa shape index (κ3) is 3.77. The number of amides is 1. The summed E-state index contributed by atoms with van der Waals surface area (Å²) < 4.78 is 12.9. The summed E-state index contributed by atoms with van der Waals surface area (Å²) in [5.74, 6) is -0.395. The van der Waals surface area contributed by atoms with Crippen molar-refractivity contribution in [2.45, 2.75) is 38.1 Å². The lowest BCUT2D eigenvalue weighted by Crippen LogP contribution is -2.44. The average molecular weight is 264 g/mol. The molecule has 4 heteroatoms. The van der Waals surface area contributed by atoms with Gasteiger partial charge in [0.2, 0.25) is 5.91 Å². The zero-order chi connectivity index (χ0) is 13.7. The van der Waals surface area contributed by atoms with E-state index in [1.54, 1.807) is 12.1 Å². The van der Waals surface area contributed by atoms with Crippen LogP contribution in [0.5, 0.6) is 0 Å². The maximum absolute atomic E-state index is 12.9. The van der Waals surface area contributed by atoms with E-state index in [1.807, 2.05) is 6.92 Å². The molecule has 2 N–H and O–H groups in total. The molecule has 1 aliphatic rings. The molecule has 1 fully saturated rings. The van der Waals surface area contributed by atoms with Gasteiger partial charge < -0.3 is 10.6 Å². The van der Waals surface area contributed by atoms with Gasteiger partial charge in [0.25, 0.3) is 0 Å². The first-order valence-electron chi connectivity index (χ1n) is 6.97. The summed E-state index contributed by atoms with van der Waals surface area (Å²) in [7, 11) is 0. The first-order valence-corrected chi connectivity index (χ1v) is 6.97. The van der Waals surface area contributed by atoms with E-state index in [1.165, 1.54) is 12.1 Å². The van der Waals surface area contributed by atoms with Crippen LogP contribution < -0.4 is 10.6 Å². The molecule has 1 amide bonds. The van der Waals surface area contributed by atoms with Crippen molar-refractivity contribution < 1.29 is 9.18 Å². The van der Waals surface area contributed by atoms with Crippen molar-refractivity contribution in [1.82, 2.24) is 10.6 Å². The number of hydrogen-bond donors (Lipinski definition) is 2. The first kappa shape index (κ1) is 14.0. The normalized spacial score (nSPS) is 18.0. The first-order chi connectivity index (χ1) is 9.20. The van der Waals surface area contributed by atoms with Crippen molar-refractivity contribution in [2.24, 2.45) is 0 Å². The monoisotopic (exact) mass is 264 g/mol. The Morgan fingerprint density at radius 3 is 2.58 bits per heavy atom. The minimum absolute atomic E-state index is 0.0565. The summed E-state index contributed by atoms with van der Waals surface area (Å²) in [6.07, 6.45) is 2.68. The van der Waals surface area contributed by atoms with Gasteiger partial charge in [-0.05, 0) is 50.0 Å². The van der Waals surface area contributed by atoms with Crippen LogP contribution in [0.25, 0.3) is 0 Å². The van der Waals surface area contributed by atoms with Gasteiger partial charge in [-0.2, -0.15) is 0 Å². The van der Waals surface area contributed by atoms with Gasteiger partial charge >= 0.3 is 0 Å². The van der Waals surface area contributed by atoms with Crippen LogP contribution in [-0.2, 0) is 4.79 Å². The Hall–Kier alpha value is -1.42. The number of piperidine rings is 1. The summed E-state index contributed by atoms with van der Waals surface area (Å²) in [4.78, 5) is 12.3. The van der Waals surface area contributed by atoms with Crippen LogP contribution in [0.3, 0.4) is 0 Å². The van der Waals surface area contributed by atoms with Crippen molar-refractivity contribution in [3.63, 3.8) is 0 Å². The highest BCUT2D eigenvalue weighted by Crippen LogP contribution is 2.20. The molecule has 1 atom stereocenters. The predicted molar refractivity (Wildman–Crippen MR) is 73.5 cm³/mol. The van der Waals surface area contributed by atoms with E-state index in [0.717, 1.165) is 37.9 Å². The van der Waals surface area contributed by atoms with Crippen molar-refractivity contribution in [2.75, 3.05) is 13.1 Å². The molecule has 104 valence electrons. The van der Waals surface area contributed by atoms with Crippen LogP contribution in [0.1, 0.15) is 37.7 Å². The molecule has 1 unspecified atom stereocenters. The average Bonchev–Trinajstić information content (AvgIpc) is 2.43. The molecule has 0 aliphatic carbocycles. The third-order valence-corrected chi connectivity index (χ3v) is 3.68. The van der Waals surface area contributed by atoms with E-state index in [0.29, 0.717) is 0 Å². The number of benzene rings is 1. The maximum atomic E-state index is 12.9. The Bertz CT molecular complexity index is 413. The molecule has 2 rings (SSSR count). The lowest BCUT2D eigenvalue weighted by molar-refractivity contribution is -0.123. The standard InChI is InChI=1S/C15H21FN2O/c1-2-14(11-3-5-12(16)6-4-11)15(19)18-13-7-9-17-10-8-13/h3-6,13-14,17H,2,7-10H2,1H3,(H,18,19). The zero-order valence-corrected chi connectivity index (χ0v) is 11.3. The minimum Gasteiger partial charge on any atom is -0.353 e. The lowest BCUT2D eigenvalue weighted by Gasteiger charge is -2.26. The summed E-state index contributed by atoms with van der Waals surface area (Å²) in [6.45, 7) is 3.90. The molecule has 0 radical (unpaired) electrons. The maximum Gasteiger partial charge on any atom is 0.227 e. The van der Waals surface area contributed by atoms with Crippen LogP contribution in [0, 0.1) is 5.82 Å². The Morgan fingerprint density at radius 1 is 1.37 bits per heavy atom. The molecule has 0 saturated carbocycles. The van der Waals surface area contributed by atoms with E-state index in [-0.39, 0.29) is 23.7 Å². The summed E-state index contributed by atoms with van der Waals surface area (Å²) in [5.41, 5.74) is 0.885. The SMILES string of the molecule is CCC(C(=O)NC1CCNCC1)c1ccc(F)cc1. The van der Waals surface area contributed by atoms with Gasteiger partial charge in [-0.25, -0.2) is 4.39 Å². The van der Waals surface area contributed by atoms with Crippen molar-refractivity contribution in [3.8, 4) is 0 Å². The van der Waals surface area contributed by atoms with Crippen LogP contribution >= 0.6 is 0 Å². The van der Waals surface area contributed by atoms with E-state index < -0.39 is 0 Å². The van der Waals surface area contributed by atoms with Gasteiger partial charge in [0.1, 0.15) is 5.82 Å². The summed E-state index contributed by atoms with van der Waals surface area (Å²) in [5, 5.41) is 6.39. The van der Waals surface area contributed by atoms with Crippen LogP contribution in [0.4, 0.5) is 4.39 Å². The van der Waals surface area contributed by atoms with E-state index in [2.05, 4.69) is 10.6 Å². The van der Waals surface area contributed by atoms with Gasteiger partial charge in [0.05, 0.1) is 5.92 Å². The highest BCUT2D eigenvalue weighted by atomic mass is 19.1. The molecule has 0 spiro atoms. The van der Waals surface area contributed by atoms with E-state index >= 15 is 0 Å². The molecular formula is C15H21FN2O. The second-order valence-corrected chi connectivity index (χ2v) is 5.05. The fourth-order valence-corrected chi connectivity index (χ4v) is 2.54. The van der Waals surface area contributed by atoms with Gasteiger partial charge in [-0.3, -0.25) is 4.79 Å². The van der Waals surface area contributed by atoms with Gasteiger partial charge in [0.15, 0.2) is 0 Å². The highest BCUT2D eigenvalue weighted by molar-refractivity contribution is 5.83. The summed E-state index contributed by atoms with van der Waals surface area (Å²) in [6, 6.07) is 6.49. The Morgan fingerprint density at radius 2 is 2.00 bits per heavy atom. The molecule has 0 aromatic heterocycles. The van der Waals surface area contributed by atoms with Crippen LogP contribution in [-0.4, -0.2) is 25.0 Å². The molecule has 1 aliphatic heterocycles. The van der Waals surface area contributed by atoms with Gasteiger partial charge in [-0.1, -0.05) is 19.1 Å². The molecule has 1 aromatic rings. The lowest BCUT2D eigenvalue weighted by atomic mass is 9.94. The van der Waals surface area contributed by atoms with Gasteiger partial charge in [-0.15, -0.1) is 0 Å². The molecule has 3 nitrogen and oxygen atoms in total.